The predicted molar refractivity (Wildman–Crippen MR) is 148 cm³/mol. The molecule has 0 saturated carbocycles. The van der Waals surface area contributed by atoms with E-state index in [1.54, 1.807) is 12.1 Å². The molecule has 6 nitrogen and oxygen atoms in total. The Balaban J connectivity index is 1.39. The van der Waals surface area contributed by atoms with Crippen molar-refractivity contribution in [3.8, 4) is 22.9 Å². The first-order chi connectivity index (χ1) is 19.0. The molecule has 0 radical (unpaired) electrons. The molecule has 2 heterocycles. The number of anilines is 1. The molecule has 39 heavy (non-hydrogen) atoms. The van der Waals surface area contributed by atoms with Gasteiger partial charge in [-0.1, -0.05) is 66.7 Å². The first-order valence-electron chi connectivity index (χ1n) is 13.1. The molecule has 1 aliphatic heterocycles. The zero-order valence-corrected chi connectivity index (χ0v) is 21.8. The second-order valence-electron chi connectivity index (χ2n) is 9.82. The van der Waals surface area contributed by atoms with Gasteiger partial charge in [0, 0.05) is 24.2 Å². The molecule has 1 saturated heterocycles. The van der Waals surface area contributed by atoms with Gasteiger partial charge in [0.1, 0.15) is 19.0 Å². The van der Waals surface area contributed by atoms with Crippen LogP contribution in [0.3, 0.4) is 0 Å². The molecule has 0 bridgehead atoms. The fourth-order valence-electron chi connectivity index (χ4n) is 4.95. The summed E-state index contributed by atoms with van der Waals surface area (Å²) in [4.78, 5) is 18.0. The highest BCUT2D eigenvalue weighted by atomic mass is 19.1. The van der Waals surface area contributed by atoms with Gasteiger partial charge in [0.25, 0.3) is 0 Å². The summed E-state index contributed by atoms with van der Waals surface area (Å²) in [5.41, 5.74) is 3.77. The van der Waals surface area contributed by atoms with Gasteiger partial charge in [0.05, 0.1) is 11.6 Å². The van der Waals surface area contributed by atoms with Gasteiger partial charge in [0.2, 0.25) is 11.8 Å². The maximum absolute atomic E-state index is 15.5. The molecule has 1 N–H and O–H groups in total. The standard InChI is InChI=1S/C32H31FN2O4/c1-22-18-26(32(36)37)16-17-35(22)29-14-12-25(19-28(29)33)27-13-15-30(38-20-23-8-4-2-5-9-23)34-31(27)39-21-24-10-6-3-7-11-24/h2-15,19,22,26H,16-18,20-21H2,1H3,(H,36,37). The monoisotopic (exact) mass is 526 g/mol. The lowest BCUT2D eigenvalue weighted by atomic mass is 9.91. The largest absolute Gasteiger partial charge is 0.481 e. The number of rotatable bonds is 9. The zero-order valence-electron chi connectivity index (χ0n) is 21.8. The number of carboxylic acids is 1. The maximum atomic E-state index is 15.5. The van der Waals surface area contributed by atoms with Crippen LogP contribution >= 0.6 is 0 Å². The van der Waals surface area contributed by atoms with Crippen molar-refractivity contribution in [2.45, 2.75) is 39.0 Å². The number of halogens is 1. The highest BCUT2D eigenvalue weighted by Crippen LogP contribution is 2.36. The molecule has 4 aromatic rings. The van der Waals surface area contributed by atoms with Crippen LogP contribution in [0.15, 0.2) is 91.0 Å². The first-order valence-corrected chi connectivity index (χ1v) is 13.1. The fourth-order valence-corrected chi connectivity index (χ4v) is 4.95. The molecular formula is C32H31FN2O4. The molecule has 2 unspecified atom stereocenters. The van der Waals surface area contributed by atoms with Crippen LogP contribution in [0, 0.1) is 11.7 Å². The third-order valence-corrected chi connectivity index (χ3v) is 7.08. The van der Waals surface area contributed by atoms with Gasteiger partial charge in [0.15, 0.2) is 0 Å². The quantitative estimate of drug-likeness (QED) is 0.261. The summed E-state index contributed by atoms with van der Waals surface area (Å²) in [5, 5.41) is 9.36. The van der Waals surface area contributed by atoms with Crippen molar-refractivity contribution in [2.24, 2.45) is 5.92 Å². The Morgan fingerprint density at radius 2 is 1.62 bits per heavy atom. The number of piperidine rings is 1. The van der Waals surface area contributed by atoms with Crippen molar-refractivity contribution in [1.82, 2.24) is 4.98 Å². The number of hydrogen-bond acceptors (Lipinski definition) is 5. The Morgan fingerprint density at radius 3 is 2.23 bits per heavy atom. The minimum atomic E-state index is -0.788. The molecule has 200 valence electrons. The third kappa shape index (κ3) is 6.37. The molecule has 2 atom stereocenters. The molecule has 1 aliphatic rings. The van der Waals surface area contributed by atoms with Crippen LogP contribution in [0.2, 0.25) is 0 Å². The molecule has 7 heteroatoms. The Bertz CT molecular complexity index is 1410. The van der Waals surface area contributed by atoms with E-state index >= 15 is 4.39 Å². The number of nitrogens with zero attached hydrogens (tertiary/aromatic N) is 2. The third-order valence-electron chi connectivity index (χ3n) is 7.08. The van der Waals surface area contributed by atoms with Crippen molar-refractivity contribution in [1.29, 1.82) is 0 Å². The Hall–Kier alpha value is -4.39. The highest BCUT2D eigenvalue weighted by molar-refractivity contribution is 5.72. The van der Waals surface area contributed by atoms with Crippen LogP contribution < -0.4 is 14.4 Å². The van der Waals surface area contributed by atoms with Gasteiger partial charge in [-0.2, -0.15) is 4.98 Å². The number of ether oxygens (including phenoxy) is 2. The number of aromatic nitrogens is 1. The van der Waals surface area contributed by atoms with E-state index in [1.807, 2.05) is 84.6 Å². The summed E-state index contributed by atoms with van der Waals surface area (Å²) in [6, 6.07) is 28.2. The van der Waals surface area contributed by atoms with Gasteiger partial charge in [-0.3, -0.25) is 4.79 Å². The van der Waals surface area contributed by atoms with E-state index in [1.165, 1.54) is 6.07 Å². The average molecular weight is 527 g/mol. The fraction of sp³-hybridized carbons (Fsp3) is 0.250. The minimum Gasteiger partial charge on any atom is -0.481 e. The van der Waals surface area contributed by atoms with E-state index in [9.17, 15) is 9.90 Å². The zero-order chi connectivity index (χ0) is 27.2. The number of aliphatic carboxylic acids is 1. The molecular weight excluding hydrogens is 495 g/mol. The lowest BCUT2D eigenvalue weighted by molar-refractivity contribution is -0.142. The Kier molecular flexibility index (Phi) is 8.06. The molecule has 1 aromatic heterocycles. The van der Waals surface area contributed by atoms with E-state index in [0.717, 1.165) is 11.1 Å². The number of carboxylic acid groups (broad SMARTS) is 1. The second-order valence-corrected chi connectivity index (χ2v) is 9.82. The summed E-state index contributed by atoms with van der Waals surface area (Å²) in [7, 11) is 0. The van der Waals surface area contributed by atoms with Gasteiger partial charge >= 0.3 is 5.97 Å². The molecule has 5 rings (SSSR count). The summed E-state index contributed by atoms with van der Waals surface area (Å²) < 4.78 is 27.5. The van der Waals surface area contributed by atoms with E-state index in [0.29, 0.717) is 61.2 Å². The van der Waals surface area contributed by atoms with Crippen molar-refractivity contribution in [3.63, 3.8) is 0 Å². The van der Waals surface area contributed by atoms with Crippen LogP contribution in [-0.2, 0) is 18.0 Å². The topological polar surface area (TPSA) is 71.9 Å². The molecule has 0 aliphatic carbocycles. The number of hydrogen-bond donors (Lipinski definition) is 1. The van der Waals surface area contributed by atoms with Gasteiger partial charge in [-0.15, -0.1) is 0 Å². The van der Waals surface area contributed by atoms with Crippen LogP contribution in [-0.4, -0.2) is 28.6 Å². The van der Waals surface area contributed by atoms with Crippen LogP contribution in [0.4, 0.5) is 10.1 Å². The average Bonchev–Trinajstić information content (AvgIpc) is 2.96. The normalized spacial score (nSPS) is 17.0. The van der Waals surface area contributed by atoms with Crippen molar-refractivity contribution >= 4 is 11.7 Å². The molecule has 1 fully saturated rings. The van der Waals surface area contributed by atoms with Gasteiger partial charge in [-0.25, -0.2) is 4.39 Å². The van der Waals surface area contributed by atoms with Gasteiger partial charge < -0.3 is 19.5 Å². The minimum absolute atomic E-state index is 0.0762. The Labute approximate surface area is 227 Å². The molecule has 0 spiro atoms. The van der Waals surface area contributed by atoms with Gasteiger partial charge in [-0.05, 0) is 54.7 Å². The molecule has 0 amide bonds. The number of pyridine rings is 1. The van der Waals surface area contributed by atoms with Crippen molar-refractivity contribution < 1.29 is 23.8 Å². The number of benzene rings is 3. The second kappa shape index (κ2) is 12.0. The predicted octanol–water partition coefficient (Wildman–Crippen LogP) is 6.74. The summed E-state index contributed by atoms with van der Waals surface area (Å²) in [6.07, 6.45) is 0.981. The van der Waals surface area contributed by atoms with Crippen LogP contribution in [0.1, 0.15) is 30.9 Å². The Morgan fingerprint density at radius 1 is 0.949 bits per heavy atom. The highest BCUT2D eigenvalue weighted by Gasteiger charge is 2.31. The van der Waals surface area contributed by atoms with Crippen molar-refractivity contribution in [2.75, 3.05) is 11.4 Å². The van der Waals surface area contributed by atoms with Crippen LogP contribution in [0.5, 0.6) is 11.8 Å². The summed E-state index contributed by atoms with van der Waals surface area (Å²) in [5.74, 6) is -0.780. The van der Waals surface area contributed by atoms with Crippen LogP contribution in [0.25, 0.3) is 11.1 Å². The SMILES string of the molecule is CC1CC(C(=O)O)CCN1c1ccc(-c2ccc(OCc3ccccc3)nc2OCc2ccccc2)cc1F. The van der Waals surface area contributed by atoms with E-state index in [4.69, 9.17) is 9.47 Å². The maximum Gasteiger partial charge on any atom is 0.306 e. The van der Waals surface area contributed by atoms with E-state index in [-0.39, 0.29) is 11.9 Å². The lowest BCUT2D eigenvalue weighted by Crippen LogP contribution is -2.43. The van der Waals surface area contributed by atoms with E-state index in [2.05, 4.69) is 4.98 Å². The number of carbonyl (C=O) groups is 1. The van der Waals surface area contributed by atoms with E-state index < -0.39 is 11.9 Å². The molecule has 3 aromatic carbocycles. The lowest BCUT2D eigenvalue weighted by Gasteiger charge is -2.38. The first kappa shape index (κ1) is 26.2. The summed E-state index contributed by atoms with van der Waals surface area (Å²) >= 11 is 0. The summed E-state index contributed by atoms with van der Waals surface area (Å²) in [6.45, 7) is 3.11. The van der Waals surface area contributed by atoms with Crippen molar-refractivity contribution in [3.05, 3.63) is 108 Å². The smallest absolute Gasteiger partial charge is 0.306 e.